The topological polar surface area (TPSA) is 59.2 Å². The van der Waals surface area contributed by atoms with Gasteiger partial charge in [0, 0.05) is 23.7 Å². The first-order valence-electron chi connectivity index (χ1n) is 10.4. The van der Waals surface area contributed by atoms with Crippen molar-refractivity contribution in [2.45, 2.75) is 56.8 Å². The van der Waals surface area contributed by atoms with E-state index in [0.29, 0.717) is 16.7 Å². The number of thioether (sulfide) groups is 1. The van der Waals surface area contributed by atoms with Crippen LogP contribution >= 0.6 is 11.8 Å². The molecule has 162 valence electrons. The third-order valence-corrected chi connectivity index (χ3v) is 6.13. The number of halogens is 1. The van der Waals surface area contributed by atoms with Gasteiger partial charge in [-0.1, -0.05) is 62.9 Å². The minimum absolute atomic E-state index is 0.0509. The number of hydrogen-bond donors (Lipinski definition) is 0. The zero-order valence-electron chi connectivity index (χ0n) is 18.0. The first-order valence-corrected chi connectivity index (χ1v) is 11.4. The van der Waals surface area contributed by atoms with E-state index in [0.717, 1.165) is 18.4 Å². The van der Waals surface area contributed by atoms with E-state index in [1.807, 2.05) is 12.1 Å². The Morgan fingerprint density at radius 3 is 2.48 bits per heavy atom. The van der Waals surface area contributed by atoms with Crippen LogP contribution in [-0.4, -0.2) is 32.8 Å². The molecule has 2 aromatic carbocycles. The van der Waals surface area contributed by atoms with E-state index in [1.165, 1.54) is 23.4 Å². The summed E-state index contributed by atoms with van der Waals surface area (Å²) in [5, 5.41) is 8.54. The molecule has 0 atom stereocenters. The molecule has 31 heavy (non-hydrogen) atoms. The van der Waals surface area contributed by atoms with Crippen LogP contribution in [0, 0.1) is 5.82 Å². The lowest BCUT2D eigenvalue weighted by atomic mass is 9.87. The number of rotatable bonds is 7. The van der Waals surface area contributed by atoms with Gasteiger partial charge >= 0.3 is 0 Å². The van der Waals surface area contributed by atoms with Crippen molar-refractivity contribution in [1.82, 2.24) is 15.1 Å². The highest BCUT2D eigenvalue weighted by Crippen LogP contribution is 2.31. The number of carbonyl (C=O) groups is 1. The molecule has 7 heteroatoms. The summed E-state index contributed by atoms with van der Waals surface area (Å²) < 4.78 is 19.8. The van der Waals surface area contributed by atoms with Crippen molar-refractivity contribution >= 4 is 17.7 Å². The van der Waals surface area contributed by atoms with Gasteiger partial charge < -0.3 is 9.32 Å². The third kappa shape index (κ3) is 5.34. The second kappa shape index (κ2) is 8.83. The van der Waals surface area contributed by atoms with Crippen molar-refractivity contribution in [2.75, 3.05) is 5.75 Å². The summed E-state index contributed by atoms with van der Waals surface area (Å²) in [6.45, 7) is 6.78. The van der Waals surface area contributed by atoms with Gasteiger partial charge in [-0.3, -0.25) is 4.79 Å². The van der Waals surface area contributed by atoms with Gasteiger partial charge in [0.25, 0.3) is 5.22 Å². The van der Waals surface area contributed by atoms with Gasteiger partial charge in [-0.2, -0.15) is 0 Å². The van der Waals surface area contributed by atoms with E-state index in [1.54, 1.807) is 23.1 Å². The summed E-state index contributed by atoms with van der Waals surface area (Å²) in [6.07, 6.45) is 1.92. The fraction of sp³-hybridized carbons (Fsp3) is 0.375. The summed E-state index contributed by atoms with van der Waals surface area (Å²) in [5.41, 5.74) is 2.68. The predicted molar refractivity (Wildman–Crippen MR) is 119 cm³/mol. The van der Waals surface area contributed by atoms with Crippen LogP contribution < -0.4 is 0 Å². The molecule has 1 fully saturated rings. The lowest BCUT2D eigenvalue weighted by molar-refractivity contribution is -0.129. The van der Waals surface area contributed by atoms with Crippen molar-refractivity contribution in [2.24, 2.45) is 0 Å². The maximum absolute atomic E-state index is 14.0. The summed E-state index contributed by atoms with van der Waals surface area (Å²) >= 11 is 1.21. The number of aromatic nitrogens is 2. The van der Waals surface area contributed by atoms with Crippen LogP contribution in [0.1, 0.15) is 44.7 Å². The van der Waals surface area contributed by atoms with Gasteiger partial charge in [0.1, 0.15) is 5.82 Å². The van der Waals surface area contributed by atoms with Crippen LogP contribution in [0.15, 0.2) is 58.2 Å². The van der Waals surface area contributed by atoms with E-state index in [4.69, 9.17) is 4.42 Å². The molecule has 3 aromatic rings. The Morgan fingerprint density at radius 2 is 1.84 bits per heavy atom. The monoisotopic (exact) mass is 439 g/mol. The largest absolute Gasteiger partial charge is 0.411 e. The van der Waals surface area contributed by atoms with Crippen molar-refractivity contribution in [1.29, 1.82) is 0 Å². The molecule has 0 spiro atoms. The minimum Gasteiger partial charge on any atom is -0.411 e. The Bertz CT molecular complexity index is 1060. The SMILES string of the molecule is CC(C)(C)c1ccc(-c2nnc(SCC(=O)N(Cc3ccccc3F)C3CC3)o2)cc1. The molecular formula is C24H26FN3O2S. The van der Waals surface area contributed by atoms with E-state index < -0.39 is 0 Å². The molecule has 1 heterocycles. The summed E-state index contributed by atoms with van der Waals surface area (Å²) in [6, 6.07) is 14.8. The molecule has 5 nitrogen and oxygen atoms in total. The molecule has 1 amide bonds. The summed E-state index contributed by atoms with van der Waals surface area (Å²) in [7, 11) is 0. The average Bonchev–Trinajstić information content (AvgIpc) is 3.47. The molecule has 0 bridgehead atoms. The average molecular weight is 440 g/mol. The highest BCUT2D eigenvalue weighted by atomic mass is 32.2. The van der Waals surface area contributed by atoms with Gasteiger partial charge in [0.2, 0.25) is 11.8 Å². The van der Waals surface area contributed by atoms with Crippen LogP contribution in [0.25, 0.3) is 11.5 Å². The standard InChI is InChI=1S/C24H26FN3O2S/c1-24(2,3)18-10-8-16(9-11-18)22-26-27-23(30-22)31-15-21(29)28(19-12-13-19)14-17-6-4-5-7-20(17)25/h4-11,19H,12-15H2,1-3H3. The predicted octanol–water partition coefficient (Wildman–Crippen LogP) is 5.46. The molecule has 0 radical (unpaired) electrons. The van der Waals surface area contributed by atoms with Crippen LogP contribution in [0.4, 0.5) is 4.39 Å². The number of benzene rings is 2. The fourth-order valence-corrected chi connectivity index (χ4v) is 3.97. The molecule has 1 aliphatic carbocycles. The van der Waals surface area contributed by atoms with Gasteiger partial charge in [-0.25, -0.2) is 4.39 Å². The van der Waals surface area contributed by atoms with Crippen LogP contribution in [0.3, 0.4) is 0 Å². The van der Waals surface area contributed by atoms with Gasteiger partial charge in [-0.05, 0) is 42.0 Å². The normalized spacial score (nSPS) is 13.9. The Labute approximate surface area is 186 Å². The highest BCUT2D eigenvalue weighted by Gasteiger charge is 2.33. The van der Waals surface area contributed by atoms with Crippen LogP contribution in [-0.2, 0) is 16.8 Å². The van der Waals surface area contributed by atoms with Crippen molar-refractivity contribution in [3.63, 3.8) is 0 Å². The van der Waals surface area contributed by atoms with Gasteiger partial charge in [0.15, 0.2) is 0 Å². The van der Waals surface area contributed by atoms with Crippen LogP contribution in [0.2, 0.25) is 0 Å². The number of nitrogens with zero attached hydrogens (tertiary/aromatic N) is 3. The lowest BCUT2D eigenvalue weighted by Crippen LogP contribution is -2.34. The maximum Gasteiger partial charge on any atom is 0.277 e. The van der Waals surface area contributed by atoms with Gasteiger partial charge in [0.05, 0.1) is 5.75 Å². The smallest absolute Gasteiger partial charge is 0.277 e. The first-order chi connectivity index (χ1) is 14.8. The Kier molecular flexibility index (Phi) is 6.14. The second-order valence-electron chi connectivity index (χ2n) is 8.83. The summed E-state index contributed by atoms with van der Waals surface area (Å²) in [5.74, 6) is 0.272. The van der Waals surface area contributed by atoms with Gasteiger partial charge in [-0.15, -0.1) is 10.2 Å². The molecule has 1 aromatic heterocycles. The zero-order valence-corrected chi connectivity index (χ0v) is 18.8. The summed E-state index contributed by atoms with van der Waals surface area (Å²) in [4.78, 5) is 14.6. The van der Waals surface area contributed by atoms with E-state index in [2.05, 4.69) is 43.1 Å². The van der Waals surface area contributed by atoms with Crippen molar-refractivity contribution in [3.8, 4) is 11.5 Å². The zero-order chi connectivity index (χ0) is 22.0. The third-order valence-electron chi connectivity index (χ3n) is 5.33. The van der Waals surface area contributed by atoms with Crippen molar-refractivity contribution in [3.05, 3.63) is 65.5 Å². The van der Waals surface area contributed by atoms with E-state index in [-0.39, 0.29) is 35.5 Å². The molecule has 1 saturated carbocycles. The lowest BCUT2D eigenvalue weighted by Gasteiger charge is -2.22. The van der Waals surface area contributed by atoms with Crippen LogP contribution in [0.5, 0.6) is 0 Å². The minimum atomic E-state index is -0.285. The van der Waals surface area contributed by atoms with E-state index >= 15 is 0 Å². The highest BCUT2D eigenvalue weighted by molar-refractivity contribution is 7.99. The Morgan fingerprint density at radius 1 is 1.13 bits per heavy atom. The quantitative estimate of drug-likeness (QED) is 0.458. The number of amides is 1. The number of carbonyl (C=O) groups excluding carboxylic acids is 1. The first kappa shape index (κ1) is 21.6. The molecule has 0 unspecified atom stereocenters. The fourth-order valence-electron chi connectivity index (χ4n) is 3.32. The van der Waals surface area contributed by atoms with E-state index in [9.17, 15) is 9.18 Å². The second-order valence-corrected chi connectivity index (χ2v) is 9.76. The number of hydrogen-bond acceptors (Lipinski definition) is 5. The Hall–Kier alpha value is -2.67. The Balaban J connectivity index is 1.38. The molecule has 4 rings (SSSR count). The van der Waals surface area contributed by atoms with Crippen molar-refractivity contribution < 1.29 is 13.6 Å². The maximum atomic E-state index is 14.0. The molecular weight excluding hydrogens is 413 g/mol. The molecule has 0 N–H and O–H groups in total. The molecule has 0 saturated heterocycles. The molecule has 1 aliphatic rings. The molecule has 0 aliphatic heterocycles.